The van der Waals surface area contributed by atoms with Crippen LogP contribution in [-0.4, -0.2) is 35.2 Å². The van der Waals surface area contributed by atoms with Crippen molar-refractivity contribution in [3.8, 4) is 0 Å². The molecule has 0 aromatic carbocycles. The topological polar surface area (TPSA) is 23.5 Å². The number of hydrogen-bond acceptors (Lipinski definition) is 2. The summed E-state index contributed by atoms with van der Waals surface area (Å²) in [7, 11) is 0. The minimum atomic E-state index is -0.0437. The van der Waals surface area contributed by atoms with Gasteiger partial charge in [0.05, 0.1) is 6.10 Å². The minimum absolute atomic E-state index is 0.0437. The van der Waals surface area contributed by atoms with Crippen molar-refractivity contribution in [3.05, 3.63) is 0 Å². The highest BCUT2D eigenvalue weighted by Gasteiger charge is 2.35. The lowest BCUT2D eigenvalue weighted by Gasteiger charge is -2.38. The van der Waals surface area contributed by atoms with Crippen molar-refractivity contribution in [1.29, 1.82) is 0 Å². The SMILES string of the molecule is CCN(CC1CC(C(C)C)CCC1O)C1CC1. The maximum Gasteiger partial charge on any atom is 0.0580 e. The Morgan fingerprint density at radius 2 is 1.88 bits per heavy atom. The van der Waals surface area contributed by atoms with Gasteiger partial charge in [-0.1, -0.05) is 20.8 Å². The van der Waals surface area contributed by atoms with Crippen LogP contribution in [0.4, 0.5) is 0 Å². The molecule has 0 spiro atoms. The molecule has 0 heterocycles. The fraction of sp³-hybridized carbons (Fsp3) is 1.00. The van der Waals surface area contributed by atoms with Gasteiger partial charge in [-0.2, -0.15) is 0 Å². The minimum Gasteiger partial charge on any atom is -0.393 e. The standard InChI is InChI=1S/C15H29NO/c1-4-16(14-6-7-14)10-13-9-12(11(2)3)5-8-15(13)17/h11-15,17H,4-10H2,1-3H3. The Hall–Kier alpha value is -0.0800. The first kappa shape index (κ1) is 13.4. The first-order chi connectivity index (χ1) is 8.11. The zero-order valence-electron chi connectivity index (χ0n) is 11.7. The molecule has 17 heavy (non-hydrogen) atoms. The van der Waals surface area contributed by atoms with Crippen LogP contribution in [0.1, 0.15) is 52.9 Å². The highest BCUT2D eigenvalue weighted by atomic mass is 16.3. The second-order valence-corrected chi connectivity index (χ2v) is 6.46. The molecule has 2 saturated carbocycles. The van der Waals surface area contributed by atoms with Crippen molar-refractivity contribution >= 4 is 0 Å². The molecule has 2 nitrogen and oxygen atoms in total. The quantitative estimate of drug-likeness (QED) is 0.797. The van der Waals surface area contributed by atoms with Gasteiger partial charge >= 0.3 is 0 Å². The maximum atomic E-state index is 10.2. The van der Waals surface area contributed by atoms with E-state index in [1.54, 1.807) is 0 Å². The number of aliphatic hydroxyl groups excluding tert-OH is 1. The van der Waals surface area contributed by atoms with Crippen LogP contribution in [0.2, 0.25) is 0 Å². The van der Waals surface area contributed by atoms with Crippen LogP contribution in [0, 0.1) is 17.8 Å². The number of hydrogen-bond donors (Lipinski definition) is 1. The lowest BCUT2D eigenvalue weighted by Crippen LogP contribution is -2.40. The zero-order chi connectivity index (χ0) is 12.4. The monoisotopic (exact) mass is 239 g/mol. The zero-order valence-corrected chi connectivity index (χ0v) is 11.7. The van der Waals surface area contributed by atoms with E-state index < -0.39 is 0 Å². The highest BCUT2D eigenvalue weighted by Crippen LogP contribution is 2.36. The van der Waals surface area contributed by atoms with Gasteiger partial charge in [-0.05, 0) is 56.4 Å². The molecule has 3 unspecified atom stereocenters. The van der Waals surface area contributed by atoms with Crippen molar-refractivity contribution in [2.24, 2.45) is 17.8 Å². The molecule has 2 fully saturated rings. The summed E-state index contributed by atoms with van der Waals surface area (Å²) in [5.41, 5.74) is 0. The van der Waals surface area contributed by atoms with E-state index in [-0.39, 0.29) is 6.10 Å². The smallest absolute Gasteiger partial charge is 0.0580 e. The molecule has 0 amide bonds. The van der Waals surface area contributed by atoms with Crippen LogP contribution in [0.3, 0.4) is 0 Å². The summed E-state index contributed by atoms with van der Waals surface area (Å²) in [5.74, 6) is 2.14. The molecule has 0 aromatic rings. The van der Waals surface area contributed by atoms with Crippen LogP contribution < -0.4 is 0 Å². The Balaban J connectivity index is 1.88. The lowest BCUT2D eigenvalue weighted by molar-refractivity contribution is 0.0180. The van der Waals surface area contributed by atoms with E-state index in [9.17, 15) is 5.11 Å². The average Bonchev–Trinajstić information content (AvgIpc) is 3.11. The third-order valence-corrected chi connectivity index (χ3v) is 4.86. The van der Waals surface area contributed by atoms with E-state index in [1.807, 2.05) is 0 Å². The Bertz CT molecular complexity index is 237. The van der Waals surface area contributed by atoms with Crippen LogP contribution >= 0.6 is 0 Å². The molecule has 2 aliphatic carbocycles. The molecule has 3 atom stereocenters. The number of nitrogens with zero attached hydrogens (tertiary/aromatic N) is 1. The highest BCUT2D eigenvalue weighted by molar-refractivity contribution is 4.88. The Morgan fingerprint density at radius 3 is 2.41 bits per heavy atom. The normalized spacial score (nSPS) is 34.6. The summed E-state index contributed by atoms with van der Waals surface area (Å²) < 4.78 is 0. The summed E-state index contributed by atoms with van der Waals surface area (Å²) in [6, 6.07) is 0.839. The summed E-state index contributed by atoms with van der Waals surface area (Å²) in [6.45, 7) is 9.20. The van der Waals surface area contributed by atoms with Gasteiger partial charge in [0.25, 0.3) is 0 Å². The van der Waals surface area contributed by atoms with Gasteiger partial charge in [0.1, 0.15) is 0 Å². The lowest BCUT2D eigenvalue weighted by atomic mass is 9.74. The predicted octanol–water partition coefficient (Wildman–Crippen LogP) is 2.90. The van der Waals surface area contributed by atoms with E-state index in [0.29, 0.717) is 5.92 Å². The predicted molar refractivity (Wildman–Crippen MR) is 71.9 cm³/mol. The van der Waals surface area contributed by atoms with Crippen molar-refractivity contribution < 1.29 is 5.11 Å². The van der Waals surface area contributed by atoms with Gasteiger partial charge in [-0.3, -0.25) is 0 Å². The van der Waals surface area contributed by atoms with Crippen molar-refractivity contribution in [3.63, 3.8) is 0 Å². The van der Waals surface area contributed by atoms with Crippen LogP contribution in [-0.2, 0) is 0 Å². The van der Waals surface area contributed by atoms with Gasteiger partial charge in [-0.15, -0.1) is 0 Å². The summed E-state index contributed by atoms with van der Waals surface area (Å²) in [5, 5.41) is 10.2. The summed E-state index contributed by atoms with van der Waals surface area (Å²) >= 11 is 0. The van der Waals surface area contributed by atoms with Crippen LogP contribution in [0.5, 0.6) is 0 Å². The molecule has 2 heteroatoms. The fourth-order valence-electron chi connectivity index (χ4n) is 3.36. The molecule has 2 rings (SSSR count). The Morgan fingerprint density at radius 1 is 1.18 bits per heavy atom. The molecular weight excluding hydrogens is 210 g/mol. The van der Waals surface area contributed by atoms with Crippen molar-refractivity contribution in [2.45, 2.75) is 65.0 Å². The largest absolute Gasteiger partial charge is 0.393 e. The molecular formula is C15H29NO. The second-order valence-electron chi connectivity index (χ2n) is 6.46. The van der Waals surface area contributed by atoms with Gasteiger partial charge < -0.3 is 10.0 Å². The summed E-state index contributed by atoms with van der Waals surface area (Å²) in [4.78, 5) is 2.59. The van der Waals surface area contributed by atoms with Gasteiger partial charge in [-0.25, -0.2) is 0 Å². The third-order valence-electron chi connectivity index (χ3n) is 4.86. The molecule has 100 valence electrons. The molecule has 0 bridgehead atoms. The molecule has 0 saturated heterocycles. The average molecular weight is 239 g/mol. The van der Waals surface area contributed by atoms with Crippen molar-refractivity contribution in [1.82, 2.24) is 4.90 Å². The van der Waals surface area contributed by atoms with Crippen LogP contribution in [0.25, 0.3) is 0 Å². The first-order valence-corrected chi connectivity index (χ1v) is 7.54. The van der Waals surface area contributed by atoms with Crippen LogP contribution in [0.15, 0.2) is 0 Å². The van der Waals surface area contributed by atoms with Crippen molar-refractivity contribution in [2.75, 3.05) is 13.1 Å². The van der Waals surface area contributed by atoms with E-state index >= 15 is 0 Å². The molecule has 0 radical (unpaired) electrons. The number of aliphatic hydroxyl groups is 1. The first-order valence-electron chi connectivity index (χ1n) is 7.54. The third kappa shape index (κ3) is 3.45. The van der Waals surface area contributed by atoms with Gasteiger partial charge in [0, 0.05) is 12.6 Å². The van der Waals surface area contributed by atoms with E-state index in [4.69, 9.17) is 0 Å². The maximum absolute atomic E-state index is 10.2. The fourth-order valence-corrected chi connectivity index (χ4v) is 3.36. The molecule has 2 aliphatic rings. The Labute approximate surface area is 106 Å². The van der Waals surface area contributed by atoms with Gasteiger partial charge in [0.2, 0.25) is 0 Å². The summed E-state index contributed by atoms with van der Waals surface area (Å²) in [6.07, 6.45) is 6.20. The molecule has 0 aliphatic heterocycles. The van der Waals surface area contributed by atoms with Gasteiger partial charge in [0.15, 0.2) is 0 Å². The van der Waals surface area contributed by atoms with E-state index in [0.717, 1.165) is 37.4 Å². The van der Waals surface area contributed by atoms with E-state index in [2.05, 4.69) is 25.7 Å². The number of rotatable bonds is 5. The molecule has 1 N–H and O–H groups in total. The second kappa shape index (κ2) is 5.71. The Kier molecular flexibility index (Phi) is 4.48. The van der Waals surface area contributed by atoms with E-state index in [1.165, 1.54) is 25.7 Å². The molecule has 0 aromatic heterocycles.